The average molecular weight is 329 g/mol. The molecule has 1 aromatic heterocycles. The van der Waals surface area contributed by atoms with E-state index in [-0.39, 0.29) is 0 Å². The van der Waals surface area contributed by atoms with Crippen molar-refractivity contribution in [2.75, 3.05) is 13.2 Å². The molecule has 0 bridgehead atoms. The second-order valence-corrected chi connectivity index (χ2v) is 5.60. The average Bonchev–Trinajstić information content (AvgIpc) is 2.67. The summed E-state index contributed by atoms with van der Waals surface area (Å²) in [6, 6.07) is 3.38. The Hall–Kier alpha value is -1.43. The van der Waals surface area contributed by atoms with Crippen LogP contribution < -0.4 is 9.47 Å². The summed E-state index contributed by atoms with van der Waals surface area (Å²) in [4.78, 5) is 0. The summed E-state index contributed by atoms with van der Waals surface area (Å²) in [5, 5.41) is 15.4. The second kappa shape index (κ2) is 5.75. The van der Waals surface area contributed by atoms with Gasteiger partial charge < -0.3 is 14.6 Å². The van der Waals surface area contributed by atoms with Gasteiger partial charge in [0.2, 0.25) is 0 Å². The molecule has 1 N–H and O–H groups in total. The summed E-state index contributed by atoms with van der Waals surface area (Å²) in [5.41, 5.74) is 1.08. The zero-order chi connectivity index (χ0) is 15.0. The van der Waals surface area contributed by atoms with Crippen molar-refractivity contribution < 1.29 is 14.6 Å². The number of hydrogen-bond donors (Lipinski definition) is 1. The van der Waals surface area contributed by atoms with Crippen molar-refractivity contribution in [1.29, 1.82) is 0 Å². The van der Waals surface area contributed by atoms with E-state index in [1.165, 1.54) is 10.9 Å². The van der Waals surface area contributed by atoms with E-state index >= 15 is 0 Å². The van der Waals surface area contributed by atoms with Gasteiger partial charge in [-0.25, -0.2) is 0 Å². The maximum absolute atomic E-state index is 10.5. The van der Waals surface area contributed by atoms with Crippen LogP contribution in [0.5, 0.6) is 11.5 Å². The van der Waals surface area contributed by atoms with Gasteiger partial charge in [0, 0.05) is 13.5 Å². The van der Waals surface area contributed by atoms with Crippen molar-refractivity contribution in [3.05, 3.63) is 39.6 Å². The number of aromatic nitrogens is 2. The van der Waals surface area contributed by atoms with Crippen molar-refractivity contribution in [1.82, 2.24) is 9.78 Å². The first kappa shape index (κ1) is 14.5. The number of nitrogens with zero attached hydrogens (tertiary/aromatic N) is 2. The van der Waals surface area contributed by atoms with Crippen molar-refractivity contribution in [2.45, 2.75) is 12.5 Å². The van der Waals surface area contributed by atoms with E-state index in [1.54, 1.807) is 19.2 Å². The van der Waals surface area contributed by atoms with Gasteiger partial charge in [0.15, 0.2) is 11.5 Å². The quantitative estimate of drug-likeness (QED) is 0.920. The Bertz CT molecular complexity index is 653. The third kappa shape index (κ3) is 2.69. The summed E-state index contributed by atoms with van der Waals surface area (Å²) < 4.78 is 12.7. The first-order valence-corrected chi connectivity index (χ1v) is 7.28. The Labute approximate surface area is 132 Å². The van der Waals surface area contributed by atoms with Crippen LogP contribution in [0.4, 0.5) is 0 Å². The van der Waals surface area contributed by atoms with E-state index in [1.807, 2.05) is 0 Å². The Kier molecular flexibility index (Phi) is 3.97. The van der Waals surface area contributed by atoms with Crippen molar-refractivity contribution in [3.8, 4) is 11.5 Å². The fraction of sp³-hybridized carbons (Fsp3) is 0.357. The highest BCUT2D eigenvalue weighted by molar-refractivity contribution is 6.32. The molecule has 0 saturated carbocycles. The highest BCUT2D eigenvalue weighted by atomic mass is 35.5. The number of ether oxygens (including phenoxy) is 2. The number of benzene rings is 1. The van der Waals surface area contributed by atoms with Crippen LogP contribution in [0.25, 0.3) is 0 Å². The second-order valence-electron chi connectivity index (χ2n) is 4.78. The largest absolute Gasteiger partial charge is 0.489 e. The van der Waals surface area contributed by atoms with E-state index in [0.29, 0.717) is 46.0 Å². The molecule has 1 aliphatic rings. The van der Waals surface area contributed by atoms with Crippen LogP contribution in [0.1, 0.15) is 23.8 Å². The number of aliphatic hydroxyl groups is 1. The summed E-state index contributed by atoms with van der Waals surface area (Å²) in [6.07, 6.45) is 1.33. The van der Waals surface area contributed by atoms with Crippen molar-refractivity contribution >= 4 is 23.2 Å². The topological polar surface area (TPSA) is 56.5 Å². The Morgan fingerprint density at radius 2 is 2.00 bits per heavy atom. The number of hydrogen-bond acceptors (Lipinski definition) is 4. The number of aryl methyl sites for hydroxylation is 1. The first-order valence-electron chi connectivity index (χ1n) is 6.52. The van der Waals surface area contributed by atoms with Crippen molar-refractivity contribution in [2.24, 2.45) is 7.05 Å². The van der Waals surface area contributed by atoms with Crippen LogP contribution >= 0.6 is 23.2 Å². The molecule has 1 aliphatic heterocycles. The normalized spacial score (nSPS) is 15.6. The van der Waals surface area contributed by atoms with Crippen LogP contribution in [0.2, 0.25) is 10.0 Å². The molecule has 2 aromatic rings. The lowest BCUT2D eigenvalue weighted by atomic mass is 10.1. The van der Waals surface area contributed by atoms with E-state index in [9.17, 15) is 5.11 Å². The number of halogens is 2. The molecule has 7 heteroatoms. The van der Waals surface area contributed by atoms with Gasteiger partial charge >= 0.3 is 0 Å². The minimum Gasteiger partial charge on any atom is -0.489 e. The minimum absolute atomic E-state index is 0.397. The van der Waals surface area contributed by atoms with Gasteiger partial charge in [0.25, 0.3) is 0 Å². The highest BCUT2D eigenvalue weighted by Gasteiger charge is 2.23. The Morgan fingerprint density at radius 3 is 2.71 bits per heavy atom. The van der Waals surface area contributed by atoms with Crippen LogP contribution in [0.15, 0.2) is 18.3 Å². The van der Waals surface area contributed by atoms with Gasteiger partial charge in [-0.15, -0.1) is 0 Å². The lowest BCUT2D eigenvalue weighted by Crippen LogP contribution is -2.08. The molecule has 1 atom stereocenters. The number of rotatable bonds is 2. The predicted molar refractivity (Wildman–Crippen MR) is 79.3 cm³/mol. The maximum Gasteiger partial charge on any atom is 0.179 e. The molecule has 112 valence electrons. The smallest absolute Gasteiger partial charge is 0.179 e. The predicted octanol–water partition coefficient (Wildman–Crippen LogP) is 2.97. The van der Waals surface area contributed by atoms with Gasteiger partial charge in [0.05, 0.1) is 35.1 Å². The van der Waals surface area contributed by atoms with Crippen LogP contribution in [-0.2, 0) is 7.05 Å². The molecule has 2 heterocycles. The zero-order valence-electron chi connectivity index (χ0n) is 11.3. The van der Waals surface area contributed by atoms with E-state index in [2.05, 4.69) is 5.10 Å². The number of fused-ring (bicyclic) bond motifs is 1. The molecule has 1 aromatic carbocycles. The highest BCUT2D eigenvalue weighted by Crippen LogP contribution is 2.41. The third-order valence-electron chi connectivity index (χ3n) is 3.34. The van der Waals surface area contributed by atoms with E-state index < -0.39 is 6.10 Å². The zero-order valence-corrected chi connectivity index (χ0v) is 12.9. The lowest BCUT2D eigenvalue weighted by molar-refractivity contribution is 0.209. The molecular weight excluding hydrogens is 315 g/mol. The van der Waals surface area contributed by atoms with Gasteiger partial charge in [-0.05, 0) is 17.7 Å². The molecule has 0 amide bonds. The monoisotopic (exact) mass is 328 g/mol. The standard InChI is InChI=1S/C14H14Cl2N2O3/c1-18-12(10(16)7-17-18)13(19)8-5-9(15)14-11(6-8)20-3-2-4-21-14/h5-7,13,19H,2-4H2,1H3. The maximum atomic E-state index is 10.5. The minimum atomic E-state index is -0.945. The Balaban J connectivity index is 2.03. The SMILES string of the molecule is Cn1ncc(Cl)c1C(O)c1cc(Cl)c2c(c1)OCCCO2. The summed E-state index contributed by atoms with van der Waals surface area (Å²) >= 11 is 12.3. The Morgan fingerprint density at radius 1 is 1.24 bits per heavy atom. The summed E-state index contributed by atoms with van der Waals surface area (Å²) in [5.74, 6) is 1.05. The molecule has 21 heavy (non-hydrogen) atoms. The summed E-state index contributed by atoms with van der Waals surface area (Å²) in [7, 11) is 1.72. The number of aliphatic hydroxyl groups excluding tert-OH is 1. The van der Waals surface area contributed by atoms with Crippen molar-refractivity contribution in [3.63, 3.8) is 0 Å². The molecule has 0 aliphatic carbocycles. The molecule has 0 fully saturated rings. The molecular formula is C14H14Cl2N2O3. The van der Waals surface area contributed by atoms with Crippen LogP contribution in [0.3, 0.4) is 0 Å². The third-order valence-corrected chi connectivity index (χ3v) is 3.91. The molecule has 3 rings (SSSR count). The van der Waals surface area contributed by atoms with Gasteiger partial charge in [-0.3, -0.25) is 4.68 Å². The van der Waals surface area contributed by atoms with Crippen LogP contribution in [-0.4, -0.2) is 28.1 Å². The molecule has 1 unspecified atom stereocenters. The fourth-order valence-corrected chi connectivity index (χ4v) is 2.84. The first-order chi connectivity index (χ1) is 10.1. The lowest BCUT2D eigenvalue weighted by Gasteiger charge is -2.16. The molecule has 0 radical (unpaired) electrons. The molecule has 5 nitrogen and oxygen atoms in total. The van der Waals surface area contributed by atoms with Gasteiger partial charge in [-0.2, -0.15) is 5.10 Å². The van der Waals surface area contributed by atoms with Gasteiger partial charge in [-0.1, -0.05) is 23.2 Å². The molecule has 0 spiro atoms. The van der Waals surface area contributed by atoms with E-state index in [0.717, 1.165) is 6.42 Å². The van der Waals surface area contributed by atoms with E-state index in [4.69, 9.17) is 32.7 Å². The van der Waals surface area contributed by atoms with Gasteiger partial charge in [0.1, 0.15) is 6.10 Å². The molecule has 0 saturated heterocycles. The summed E-state index contributed by atoms with van der Waals surface area (Å²) in [6.45, 7) is 1.11. The fourth-order valence-electron chi connectivity index (χ4n) is 2.29. The van der Waals surface area contributed by atoms with Crippen LogP contribution in [0, 0.1) is 0 Å².